The number of hydrogen-bond donors (Lipinski definition) is 3. The number of carbonyl (C=O) groups is 1. The van der Waals surface area contributed by atoms with E-state index in [-0.39, 0.29) is 6.42 Å². The molecule has 2 heterocycles. The van der Waals surface area contributed by atoms with E-state index in [4.69, 9.17) is 0 Å². The molecule has 1 atom stereocenters. The van der Waals surface area contributed by atoms with Crippen LogP contribution in [-0.2, 0) is 4.79 Å². The smallest absolute Gasteiger partial charge is 0.270 e. The Kier molecular flexibility index (Phi) is 4.85. The number of nitrogens with one attached hydrogen (secondary N) is 3. The maximum Gasteiger partial charge on any atom is 0.270 e. The number of alkyl halides is 2. The number of halogens is 2. The third-order valence-corrected chi connectivity index (χ3v) is 5.08. The molecule has 2 aromatic carbocycles. The first-order chi connectivity index (χ1) is 15.5. The second-order valence-corrected chi connectivity index (χ2v) is 7.55. The van der Waals surface area contributed by atoms with Crippen molar-refractivity contribution in [2.24, 2.45) is 0 Å². The lowest BCUT2D eigenvalue weighted by Gasteiger charge is -2.08. The fourth-order valence-corrected chi connectivity index (χ4v) is 3.28. The molecule has 0 radical (unpaired) electrons. The molecule has 1 amide bonds. The molecule has 0 saturated heterocycles. The number of amides is 1. The Morgan fingerprint density at radius 1 is 1.19 bits per heavy atom. The van der Waals surface area contributed by atoms with Crippen molar-refractivity contribution in [1.29, 1.82) is 0 Å². The molecule has 0 spiro atoms. The molecule has 32 heavy (non-hydrogen) atoms. The Labute approximate surface area is 181 Å². The van der Waals surface area contributed by atoms with Crippen LogP contribution in [0.3, 0.4) is 0 Å². The molecule has 1 saturated carbocycles. The fraction of sp³-hybridized carbons (Fsp3) is 0.130. The number of benzene rings is 2. The van der Waals surface area contributed by atoms with Gasteiger partial charge in [-0.1, -0.05) is 18.2 Å². The van der Waals surface area contributed by atoms with E-state index >= 15 is 0 Å². The van der Waals surface area contributed by atoms with Crippen molar-refractivity contribution in [3.05, 3.63) is 72.6 Å². The number of carbonyl (C=O) groups excluding carboxylic acids is 1. The third-order valence-electron chi connectivity index (χ3n) is 5.08. The zero-order chi connectivity index (χ0) is 22.1. The molecule has 1 aliphatic rings. The predicted octanol–water partition coefficient (Wildman–Crippen LogP) is 4.30. The molecular weight excluding hydrogens is 414 g/mol. The van der Waals surface area contributed by atoms with Gasteiger partial charge in [0.05, 0.1) is 17.8 Å². The van der Waals surface area contributed by atoms with Gasteiger partial charge in [0.2, 0.25) is 5.91 Å². The van der Waals surface area contributed by atoms with Crippen LogP contribution in [0.1, 0.15) is 12.0 Å². The Bertz CT molecular complexity index is 1330. The first-order valence-electron chi connectivity index (χ1n) is 9.96. The average molecular weight is 432 g/mol. The van der Waals surface area contributed by atoms with Crippen LogP contribution >= 0.6 is 0 Å². The first kappa shape index (κ1) is 19.8. The zero-order valence-electron chi connectivity index (χ0n) is 16.7. The molecular formula is C23H18F2N6O. The van der Waals surface area contributed by atoms with Gasteiger partial charge in [-0.3, -0.25) is 9.89 Å². The molecule has 1 fully saturated rings. The molecule has 2 aromatic heterocycles. The summed E-state index contributed by atoms with van der Waals surface area (Å²) >= 11 is 0. The van der Waals surface area contributed by atoms with Crippen LogP contribution in [0.4, 0.5) is 20.3 Å². The van der Waals surface area contributed by atoms with Gasteiger partial charge in [-0.25, -0.2) is 18.7 Å². The maximum atomic E-state index is 12.9. The Hall–Kier alpha value is -4.14. The van der Waals surface area contributed by atoms with Crippen LogP contribution in [0.15, 0.2) is 67.0 Å². The second-order valence-electron chi connectivity index (χ2n) is 7.55. The molecule has 3 N–H and O–H groups in total. The molecule has 4 aromatic rings. The van der Waals surface area contributed by atoms with Gasteiger partial charge in [0.25, 0.3) is 5.92 Å². The molecule has 1 aliphatic carbocycles. The van der Waals surface area contributed by atoms with E-state index in [1.54, 1.807) is 30.6 Å². The van der Waals surface area contributed by atoms with Crippen molar-refractivity contribution in [2.45, 2.75) is 18.4 Å². The summed E-state index contributed by atoms with van der Waals surface area (Å²) in [5.41, 5.74) is 3.30. The van der Waals surface area contributed by atoms with E-state index < -0.39 is 17.9 Å². The van der Waals surface area contributed by atoms with Gasteiger partial charge in [-0.05, 0) is 42.0 Å². The minimum Gasteiger partial charge on any atom is -0.344 e. The van der Waals surface area contributed by atoms with Crippen LogP contribution in [0.25, 0.3) is 28.4 Å². The Morgan fingerprint density at radius 3 is 2.91 bits per heavy atom. The zero-order valence-corrected chi connectivity index (χ0v) is 16.7. The number of fused-ring (bicyclic) bond motifs is 1. The normalized spacial score (nSPS) is 16.9. The quantitative estimate of drug-likeness (QED) is 0.395. The Morgan fingerprint density at radius 2 is 2.06 bits per heavy atom. The second kappa shape index (κ2) is 7.84. The summed E-state index contributed by atoms with van der Waals surface area (Å²) in [6, 6.07) is 13.8. The summed E-state index contributed by atoms with van der Waals surface area (Å²) < 4.78 is 25.8. The van der Waals surface area contributed by atoms with Crippen molar-refractivity contribution in [1.82, 2.24) is 25.5 Å². The lowest BCUT2D eigenvalue weighted by Crippen LogP contribution is -2.27. The summed E-state index contributed by atoms with van der Waals surface area (Å²) in [5.74, 6) is -2.20. The van der Waals surface area contributed by atoms with Crippen molar-refractivity contribution in [2.75, 3.05) is 5.32 Å². The van der Waals surface area contributed by atoms with Crippen molar-refractivity contribution < 1.29 is 13.6 Å². The maximum absolute atomic E-state index is 12.9. The first-order valence-corrected chi connectivity index (χ1v) is 9.96. The van der Waals surface area contributed by atoms with Crippen molar-refractivity contribution >= 4 is 34.4 Å². The number of hydrogen-bond acceptors (Lipinski definition) is 5. The van der Waals surface area contributed by atoms with E-state index in [1.807, 2.05) is 36.4 Å². The average Bonchev–Trinajstić information content (AvgIpc) is 3.16. The summed E-state index contributed by atoms with van der Waals surface area (Å²) in [4.78, 5) is 20.7. The summed E-state index contributed by atoms with van der Waals surface area (Å²) in [7, 11) is 0. The molecule has 0 aliphatic heterocycles. The van der Waals surface area contributed by atoms with Crippen molar-refractivity contribution in [3.63, 3.8) is 0 Å². The van der Waals surface area contributed by atoms with E-state index in [9.17, 15) is 13.6 Å². The highest BCUT2D eigenvalue weighted by Gasteiger charge is 2.57. The number of aromatic nitrogens is 4. The molecule has 160 valence electrons. The van der Waals surface area contributed by atoms with Crippen LogP contribution in [0.5, 0.6) is 0 Å². The van der Waals surface area contributed by atoms with E-state index in [2.05, 4.69) is 30.8 Å². The fourth-order valence-electron chi connectivity index (χ4n) is 3.28. The number of nitrogens with zero attached hydrogens (tertiary/aromatic N) is 3. The van der Waals surface area contributed by atoms with E-state index in [1.165, 1.54) is 6.08 Å². The number of anilines is 2. The van der Waals surface area contributed by atoms with Crippen LogP contribution in [-0.4, -0.2) is 38.0 Å². The topological polar surface area (TPSA) is 95.6 Å². The number of H-pyrrole nitrogens is 1. The van der Waals surface area contributed by atoms with Crippen LogP contribution in [0, 0.1) is 0 Å². The van der Waals surface area contributed by atoms with E-state index in [0.717, 1.165) is 27.7 Å². The Balaban J connectivity index is 1.30. The molecule has 1 unspecified atom stereocenters. The SMILES string of the molecule is O=C(/C=C/c1cccc(-c2nccc(Nc3ccc4[nH]ncc4c3)n2)c1)NC1CC1(F)F. The summed E-state index contributed by atoms with van der Waals surface area (Å²) in [6.45, 7) is 0. The van der Waals surface area contributed by atoms with Gasteiger partial charge in [0.15, 0.2) is 5.82 Å². The van der Waals surface area contributed by atoms with Gasteiger partial charge in [0.1, 0.15) is 5.82 Å². The van der Waals surface area contributed by atoms with Crippen molar-refractivity contribution in [3.8, 4) is 11.4 Å². The van der Waals surface area contributed by atoms with Gasteiger partial charge < -0.3 is 10.6 Å². The van der Waals surface area contributed by atoms with Gasteiger partial charge in [-0.15, -0.1) is 0 Å². The number of aromatic amines is 1. The highest BCUT2D eigenvalue weighted by molar-refractivity contribution is 5.92. The minimum absolute atomic E-state index is 0.306. The van der Waals surface area contributed by atoms with Gasteiger partial charge >= 0.3 is 0 Å². The van der Waals surface area contributed by atoms with Crippen LogP contribution in [0.2, 0.25) is 0 Å². The lowest BCUT2D eigenvalue weighted by molar-refractivity contribution is -0.117. The molecule has 7 nitrogen and oxygen atoms in total. The largest absolute Gasteiger partial charge is 0.344 e. The molecule has 0 bridgehead atoms. The third kappa shape index (κ3) is 4.31. The molecule has 9 heteroatoms. The summed E-state index contributed by atoms with van der Waals surface area (Å²) in [6.07, 6.45) is 5.92. The minimum atomic E-state index is -2.79. The van der Waals surface area contributed by atoms with Gasteiger partial charge in [-0.2, -0.15) is 5.10 Å². The highest BCUT2D eigenvalue weighted by atomic mass is 19.3. The van der Waals surface area contributed by atoms with Crippen LogP contribution < -0.4 is 10.6 Å². The summed E-state index contributed by atoms with van der Waals surface area (Å²) in [5, 5.41) is 13.5. The standard InChI is InChI=1S/C23H18F2N6O/c24-23(25)12-19(23)29-21(32)7-4-14-2-1-3-15(10-14)22-26-9-8-20(30-22)28-17-5-6-18-16(11-17)13-27-31-18/h1-11,13,19H,12H2,(H,27,31)(H,29,32)(H,26,28,30)/b7-4+. The van der Waals surface area contributed by atoms with Gasteiger partial charge in [0, 0.05) is 35.3 Å². The highest BCUT2D eigenvalue weighted by Crippen LogP contribution is 2.41. The van der Waals surface area contributed by atoms with E-state index in [0.29, 0.717) is 11.6 Å². The number of rotatable bonds is 6. The lowest BCUT2D eigenvalue weighted by atomic mass is 10.1. The molecule has 5 rings (SSSR count). The predicted molar refractivity (Wildman–Crippen MR) is 117 cm³/mol. The monoisotopic (exact) mass is 432 g/mol.